The monoisotopic (exact) mass is 569 g/mol. The fourth-order valence-corrected chi connectivity index (χ4v) is 3.58. The summed E-state index contributed by atoms with van der Waals surface area (Å²) in [4.78, 5) is 51.2. The summed E-state index contributed by atoms with van der Waals surface area (Å²) in [7, 11) is 0. The van der Waals surface area contributed by atoms with Gasteiger partial charge in [0, 0.05) is 23.4 Å². The Kier molecular flexibility index (Phi) is 11.3. The highest BCUT2D eigenvalue weighted by Gasteiger charge is 2.18. The van der Waals surface area contributed by atoms with Crippen LogP contribution in [0.3, 0.4) is 0 Å². The van der Waals surface area contributed by atoms with Gasteiger partial charge in [0.1, 0.15) is 24.7 Å². The van der Waals surface area contributed by atoms with Crippen LogP contribution in [0.15, 0.2) is 96.7 Å². The quantitative estimate of drug-likeness (QED) is 0.108. The van der Waals surface area contributed by atoms with Crippen LogP contribution in [0.1, 0.15) is 40.9 Å². The molecular formula is C32H31N3O7. The van der Waals surface area contributed by atoms with Crippen molar-refractivity contribution in [2.45, 2.75) is 20.5 Å². The van der Waals surface area contributed by atoms with E-state index in [-0.39, 0.29) is 30.2 Å². The normalized spacial score (nSPS) is 11.0. The summed E-state index contributed by atoms with van der Waals surface area (Å²) in [5, 5.41) is 7.43. The van der Waals surface area contributed by atoms with Crippen molar-refractivity contribution in [3.8, 4) is 5.75 Å². The molecule has 0 saturated carbocycles. The Hall–Kier alpha value is -5.51. The molecule has 0 radical (unpaired) electrons. The Morgan fingerprint density at radius 3 is 2.14 bits per heavy atom. The first-order valence-corrected chi connectivity index (χ1v) is 13.0. The largest absolute Gasteiger partial charge is 0.463 e. The molecule has 0 aliphatic rings. The maximum atomic E-state index is 13.2. The second-order valence-electron chi connectivity index (χ2n) is 8.92. The molecule has 42 heavy (non-hydrogen) atoms. The van der Waals surface area contributed by atoms with E-state index in [1.807, 2.05) is 30.3 Å². The number of benzene rings is 3. The number of carbonyl (C=O) groups is 4. The maximum Gasteiger partial charge on any atom is 0.343 e. The Morgan fingerprint density at radius 2 is 1.52 bits per heavy atom. The van der Waals surface area contributed by atoms with Crippen LogP contribution in [0.2, 0.25) is 0 Å². The summed E-state index contributed by atoms with van der Waals surface area (Å²) in [5.41, 5.74) is 7.90. The van der Waals surface area contributed by atoms with Gasteiger partial charge in [0.2, 0.25) is 0 Å². The number of hydrogen-bond acceptors (Lipinski definition) is 8. The molecular weight excluding hydrogens is 538 g/mol. The lowest BCUT2D eigenvalue weighted by Gasteiger charge is -2.18. The molecule has 3 aromatic carbocycles. The van der Waals surface area contributed by atoms with Crippen LogP contribution in [0.25, 0.3) is 6.08 Å². The number of rotatable bonds is 12. The molecule has 10 heteroatoms. The van der Waals surface area contributed by atoms with E-state index < -0.39 is 30.4 Å². The standard InChI is InChI=1S/C32H31N3O7/c1-3-40-28(36)17-18-35(20-29(37)41-21-24-7-5-4-6-8-24)31(38)22(2)19-23-9-11-26(12-10-23)32(39)42-27-15-13-25(14-16-27)30(33)34/h4-19H,3,20-21H2,1-2H3,(H3,33,34). The Bertz CT molecular complexity index is 1480. The van der Waals surface area contributed by atoms with Crippen LogP contribution < -0.4 is 10.5 Å². The third-order valence-corrected chi connectivity index (χ3v) is 5.72. The molecule has 0 fully saturated rings. The summed E-state index contributed by atoms with van der Waals surface area (Å²) in [6.45, 7) is 2.99. The first-order chi connectivity index (χ1) is 20.2. The molecule has 0 aromatic heterocycles. The summed E-state index contributed by atoms with van der Waals surface area (Å²) < 4.78 is 15.5. The van der Waals surface area contributed by atoms with Gasteiger partial charge in [0.15, 0.2) is 0 Å². The lowest BCUT2D eigenvalue weighted by molar-refractivity contribution is -0.148. The van der Waals surface area contributed by atoms with Crippen molar-refractivity contribution in [2.75, 3.05) is 13.2 Å². The molecule has 0 saturated heterocycles. The average Bonchev–Trinajstić information content (AvgIpc) is 2.99. The van der Waals surface area contributed by atoms with Gasteiger partial charge in [-0.1, -0.05) is 42.5 Å². The summed E-state index contributed by atoms with van der Waals surface area (Å²) in [5.74, 6) is -2.23. The highest BCUT2D eigenvalue weighted by Crippen LogP contribution is 2.16. The Balaban J connectivity index is 1.68. The molecule has 1 amide bonds. The van der Waals surface area contributed by atoms with E-state index in [2.05, 4.69) is 0 Å². The van der Waals surface area contributed by atoms with E-state index in [9.17, 15) is 19.2 Å². The zero-order valence-corrected chi connectivity index (χ0v) is 23.2. The second kappa shape index (κ2) is 15.3. The number of esters is 3. The minimum absolute atomic E-state index is 0.0383. The van der Waals surface area contributed by atoms with Gasteiger partial charge in [-0.2, -0.15) is 0 Å². The van der Waals surface area contributed by atoms with E-state index >= 15 is 0 Å². The molecule has 0 atom stereocenters. The van der Waals surface area contributed by atoms with Crippen molar-refractivity contribution < 1.29 is 33.4 Å². The number of amidine groups is 1. The molecule has 3 aromatic rings. The van der Waals surface area contributed by atoms with E-state index in [1.165, 1.54) is 6.20 Å². The lowest BCUT2D eigenvalue weighted by atomic mass is 10.1. The van der Waals surface area contributed by atoms with E-state index in [4.69, 9.17) is 25.4 Å². The van der Waals surface area contributed by atoms with Gasteiger partial charge in [-0.25, -0.2) is 9.59 Å². The zero-order chi connectivity index (χ0) is 30.5. The molecule has 0 aliphatic carbocycles. The number of nitrogen functional groups attached to an aromatic ring is 1. The molecule has 3 N–H and O–H groups in total. The van der Waals surface area contributed by atoms with Gasteiger partial charge in [-0.15, -0.1) is 0 Å². The summed E-state index contributed by atoms with van der Waals surface area (Å²) in [6.07, 6.45) is 3.83. The zero-order valence-electron chi connectivity index (χ0n) is 23.2. The number of amides is 1. The van der Waals surface area contributed by atoms with E-state index in [0.717, 1.165) is 16.5 Å². The molecule has 0 heterocycles. The second-order valence-corrected chi connectivity index (χ2v) is 8.92. The van der Waals surface area contributed by atoms with Crippen LogP contribution in [-0.2, 0) is 30.5 Å². The van der Waals surface area contributed by atoms with Crippen LogP contribution >= 0.6 is 0 Å². The number of ether oxygens (including phenoxy) is 3. The van der Waals surface area contributed by atoms with Crippen molar-refractivity contribution in [3.63, 3.8) is 0 Å². The average molecular weight is 570 g/mol. The fraction of sp³-hybridized carbons (Fsp3) is 0.156. The molecule has 216 valence electrons. The van der Waals surface area contributed by atoms with E-state index in [1.54, 1.807) is 68.5 Å². The summed E-state index contributed by atoms with van der Waals surface area (Å²) in [6, 6.07) is 21.7. The van der Waals surface area contributed by atoms with Gasteiger partial charge in [-0.3, -0.25) is 15.0 Å². The van der Waals surface area contributed by atoms with Crippen molar-refractivity contribution in [2.24, 2.45) is 5.73 Å². The van der Waals surface area contributed by atoms with Crippen molar-refractivity contribution in [1.82, 2.24) is 4.90 Å². The van der Waals surface area contributed by atoms with Gasteiger partial charge >= 0.3 is 17.9 Å². The predicted octanol–water partition coefficient (Wildman–Crippen LogP) is 4.24. The molecule has 0 bridgehead atoms. The number of nitrogens with two attached hydrogens (primary N) is 1. The third kappa shape index (κ3) is 9.60. The first-order valence-electron chi connectivity index (χ1n) is 13.0. The first kappa shape index (κ1) is 31.0. The molecule has 3 rings (SSSR count). The fourth-order valence-electron chi connectivity index (χ4n) is 3.58. The highest BCUT2D eigenvalue weighted by atomic mass is 16.5. The predicted molar refractivity (Wildman–Crippen MR) is 156 cm³/mol. The topological polar surface area (TPSA) is 149 Å². The molecule has 0 aliphatic heterocycles. The smallest absolute Gasteiger partial charge is 0.343 e. The maximum absolute atomic E-state index is 13.2. The van der Waals surface area contributed by atoms with Crippen molar-refractivity contribution in [1.29, 1.82) is 5.41 Å². The number of nitrogens with one attached hydrogen (secondary N) is 1. The van der Waals surface area contributed by atoms with Crippen LogP contribution in [0, 0.1) is 5.41 Å². The molecule has 10 nitrogen and oxygen atoms in total. The van der Waals surface area contributed by atoms with Gasteiger partial charge in [0.05, 0.1) is 12.2 Å². The molecule has 0 spiro atoms. The van der Waals surface area contributed by atoms with Crippen LogP contribution in [-0.4, -0.2) is 47.7 Å². The van der Waals surface area contributed by atoms with Crippen LogP contribution in [0.5, 0.6) is 5.75 Å². The number of nitrogens with zero attached hydrogens (tertiary/aromatic N) is 1. The van der Waals surface area contributed by atoms with Gasteiger partial charge in [-0.05, 0) is 67.4 Å². The number of carbonyl (C=O) groups excluding carboxylic acids is 4. The number of hydrogen-bond donors (Lipinski definition) is 2. The van der Waals surface area contributed by atoms with Crippen molar-refractivity contribution >= 4 is 35.7 Å². The third-order valence-electron chi connectivity index (χ3n) is 5.72. The van der Waals surface area contributed by atoms with Crippen molar-refractivity contribution in [3.05, 3.63) is 119 Å². The SMILES string of the molecule is CCOC(=O)C=CN(CC(=O)OCc1ccccc1)C(=O)C(C)=Cc1ccc(C(=O)Oc2ccc(C(=N)N)cc2)cc1. The minimum atomic E-state index is -0.660. The Labute approximate surface area is 243 Å². The van der Waals surface area contributed by atoms with Gasteiger partial charge < -0.3 is 24.8 Å². The van der Waals surface area contributed by atoms with E-state index in [0.29, 0.717) is 16.9 Å². The van der Waals surface area contributed by atoms with Gasteiger partial charge in [0.25, 0.3) is 5.91 Å². The lowest BCUT2D eigenvalue weighted by Crippen LogP contribution is -2.33. The summed E-state index contributed by atoms with van der Waals surface area (Å²) >= 11 is 0. The Morgan fingerprint density at radius 1 is 0.881 bits per heavy atom. The minimum Gasteiger partial charge on any atom is -0.463 e. The highest BCUT2D eigenvalue weighted by molar-refractivity contribution is 6.00. The van der Waals surface area contributed by atoms with Crippen LogP contribution in [0.4, 0.5) is 0 Å². The molecule has 0 unspecified atom stereocenters.